The molecule has 1 saturated heterocycles. The van der Waals surface area contributed by atoms with E-state index in [-0.39, 0.29) is 25.0 Å². The molecule has 3 rings (SSSR count). The summed E-state index contributed by atoms with van der Waals surface area (Å²) in [6, 6.07) is 9.62. The van der Waals surface area contributed by atoms with Crippen molar-refractivity contribution in [1.29, 1.82) is 0 Å². The van der Waals surface area contributed by atoms with E-state index in [1.54, 1.807) is 0 Å². The van der Waals surface area contributed by atoms with Gasteiger partial charge in [0.2, 0.25) is 0 Å². The summed E-state index contributed by atoms with van der Waals surface area (Å²) in [6.07, 6.45) is 11.8. The molecule has 0 aromatic heterocycles. The third-order valence-corrected chi connectivity index (χ3v) is 6.02. The molecule has 1 aliphatic heterocycles. The first-order valence-corrected chi connectivity index (χ1v) is 10.7. The summed E-state index contributed by atoms with van der Waals surface area (Å²) < 4.78 is 11.1. The van der Waals surface area contributed by atoms with Crippen LogP contribution in [0.1, 0.15) is 76.7 Å². The van der Waals surface area contributed by atoms with E-state index in [2.05, 4.69) is 6.08 Å². The summed E-state index contributed by atoms with van der Waals surface area (Å²) >= 11 is 0. The van der Waals surface area contributed by atoms with Gasteiger partial charge in [0.25, 0.3) is 0 Å². The lowest BCUT2D eigenvalue weighted by Gasteiger charge is -2.23. The van der Waals surface area contributed by atoms with E-state index >= 15 is 0 Å². The Bertz CT molecular complexity index is 694. The minimum Gasteiger partial charge on any atom is -0.461 e. The van der Waals surface area contributed by atoms with Crippen molar-refractivity contribution in [2.75, 3.05) is 0 Å². The highest BCUT2D eigenvalue weighted by Gasteiger charge is 2.49. The number of carbonyl (C=O) groups is 2. The average molecular weight is 385 g/mol. The van der Waals surface area contributed by atoms with Crippen LogP contribution in [0, 0.1) is 5.41 Å². The van der Waals surface area contributed by atoms with Crippen LogP contribution in [0.4, 0.5) is 0 Å². The van der Waals surface area contributed by atoms with E-state index < -0.39 is 11.5 Å². The minimum atomic E-state index is -0.594. The van der Waals surface area contributed by atoms with Crippen LogP contribution in [0.15, 0.2) is 42.0 Å². The molecule has 1 aromatic carbocycles. The summed E-state index contributed by atoms with van der Waals surface area (Å²) in [7, 11) is 0. The summed E-state index contributed by atoms with van der Waals surface area (Å²) in [5, 5.41) is 0. The Morgan fingerprint density at radius 1 is 1.07 bits per heavy atom. The van der Waals surface area contributed by atoms with Crippen LogP contribution in [0.5, 0.6) is 0 Å². The standard InChI is InChI=1S/C24H32O4/c1-24-16-12-7-5-3-2-4-6-11-15-20(24)21(28-23(24)26)17-22(25)27-18-19-13-9-8-10-14-19/h8-10,13-15,21H,2-7,11-12,16-18H2,1H3/b20-15-. The van der Waals surface area contributed by atoms with Crippen LogP contribution in [0.2, 0.25) is 0 Å². The summed E-state index contributed by atoms with van der Waals surface area (Å²) in [4.78, 5) is 25.1. The van der Waals surface area contributed by atoms with Crippen LogP contribution in [-0.2, 0) is 25.7 Å². The molecule has 1 heterocycles. The molecule has 152 valence electrons. The van der Waals surface area contributed by atoms with Crippen molar-refractivity contribution in [2.24, 2.45) is 5.41 Å². The van der Waals surface area contributed by atoms with E-state index in [1.165, 1.54) is 25.7 Å². The first kappa shape index (κ1) is 20.6. The van der Waals surface area contributed by atoms with Gasteiger partial charge in [-0.25, -0.2) is 0 Å². The molecule has 4 nitrogen and oxygen atoms in total. The number of allylic oxidation sites excluding steroid dienone is 1. The van der Waals surface area contributed by atoms with Gasteiger partial charge >= 0.3 is 11.9 Å². The Labute approximate surface area is 168 Å². The number of fused-ring (bicyclic) bond motifs is 1. The molecule has 0 radical (unpaired) electrons. The van der Waals surface area contributed by atoms with Crippen LogP contribution >= 0.6 is 0 Å². The fraction of sp³-hybridized carbons (Fsp3) is 0.583. The fourth-order valence-corrected chi connectivity index (χ4v) is 4.26. The number of esters is 2. The van der Waals surface area contributed by atoms with E-state index in [9.17, 15) is 9.59 Å². The molecule has 1 aliphatic carbocycles. The third kappa shape index (κ3) is 5.24. The predicted molar refractivity (Wildman–Crippen MR) is 108 cm³/mol. The van der Waals surface area contributed by atoms with Gasteiger partial charge in [-0.2, -0.15) is 0 Å². The molecule has 2 aliphatic rings. The zero-order valence-electron chi connectivity index (χ0n) is 17.0. The van der Waals surface area contributed by atoms with Gasteiger partial charge in [0.05, 0.1) is 11.8 Å². The Kier molecular flexibility index (Phi) is 7.30. The average Bonchev–Trinajstić information content (AvgIpc) is 2.91. The lowest BCUT2D eigenvalue weighted by atomic mass is 9.76. The van der Waals surface area contributed by atoms with Crippen LogP contribution in [-0.4, -0.2) is 18.0 Å². The van der Waals surface area contributed by atoms with Crippen molar-refractivity contribution in [3.63, 3.8) is 0 Å². The highest BCUT2D eigenvalue weighted by molar-refractivity contribution is 5.85. The quantitative estimate of drug-likeness (QED) is 0.508. The van der Waals surface area contributed by atoms with Gasteiger partial charge in [-0.1, -0.05) is 74.9 Å². The van der Waals surface area contributed by atoms with Crippen molar-refractivity contribution >= 4 is 11.9 Å². The molecule has 4 heteroatoms. The number of cyclic esters (lactones) is 1. The second kappa shape index (κ2) is 9.90. The van der Waals surface area contributed by atoms with Gasteiger partial charge in [-0.15, -0.1) is 0 Å². The number of hydrogen-bond acceptors (Lipinski definition) is 4. The fourth-order valence-electron chi connectivity index (χ4n) is 4.26. The maximum atomic E-state index is 12.7. The molecule has 2 atom stereocenters. The Morgan fingerprint density at radius 3 is 2.50 bits per heavy atom. The van der Waals surface area contributed by atoms with E-state index in [0.717, 1.165) is 43.2 Å². The number of hydrogen-bond donors (Lipinski definition) is 0. The molecule has 0 N–H and O–H groups in total. The SMILES string of the molecule is CC12CCCCCCCCC/C=C\1C(CC(=O)OCc1ccccc1)OC2=O. The van der Waals surface area contributed by atoms with Gasteiger partial charge in [0.15, 0.2) is 0 Å². The maximum absolute atomic E-state index is 12.7. The number of ether oxygens (including phenoxy) is 2. The van der Waals surface area contributed by atoms with Gasteiger partial charge in [-0.05, 0) is 37.3 Å². The van der Waals surface area contributed by atoms with Gasteiger partial charge in [0, 0.05) is 0 Å². The number of carbonyl (C=O) groups excluding carboxylic acids is 2. The zero-order chi connectivity index (χ0) is 19.8. The van der Waals surface area contributed by atoms with E-state index in [0.29, 0.717) is 0 Å². The lowest BCUT2D eigenvalue weighted by Crippen LogP contribution is -2.25. The Balaban J connectivity index is 1.66. The predicted octanol–water partition coefficient (Wildman–Crippen LogP) is 5.50. The van der Waals surface area contributed by atoms with Crippen molar-refractivity contribution in [1.82, 2.24) is 0 Å². The molecular weight excluding hydrogens is 352 g/mol. The van der Waals surface area contributed by atoms with Crippen molar-refractivity contribution in [3.8, 4) is 0 Å². The second-order valence-corrected chi connectivity index (χ2v) is 8.25. The van der Waals surface area contributed by atoms with Gasteiger partial charge in [-0.3, -0.25) is 9.59 Å². The van der Waals surface area contributed by atoms with Crippen molar-refractivity contribution < 1.29 is 19.1 Å². The molecule has 0 spiro atoms. The number of benzene rings is 1. The van der Waals surface area contributed by atoms with E-state index in [4.69, 9.17) is 9.47 Å². The molecular formula is C24H32O4. The Hall–Kier alpha value is -2.10. The van der Waals surface area contributed by atoms with Gasteiger partial charge < -0.3 is 9.47 Å². The summed E-state index contributed by atoms with van der Waals surface area (Å²) in [5.74, 6) is -0.505. The second-order valence-electron chi connectivity index (χ2n) is 8.25. The maximum Gasteiger partial charge on any atom is 0.316 e. The third-order valence-electron chi connectivity index (χ3n) is 6.02. The highest BCUT2D eigenvalue weighted by atomic mass is 16.6. The van der Waals surface area contributed by atoms with Crippen LogP contribution in [0.25, 0.3) is 0 Å². The Morgan fingerprint density at radius 2 is 1.75 bits per heavy atom. The monoisotopic (exact) mass is 384 g/mol. The topological polar surface area (TPSA) is 52.6 Å². The highest BCUT2D eigenvalue weighted by Crippen LogP contribution is 2.45. The smallest absolute Gasteiger partial charge is 0.316 e. The molecule has 2 unspecified atom stereocenters. The van der Waals surface area contributed by atoms with Crippen molar-refractivity contribution in [2.45, 2.75) is 83.8 Å². The zero-order valence-corrected chi connectivity index (χ0v) is 17.0. The van der Waals surface area contributed by atoms with Crippen LogP contribution < -0.4 is 0 Å². The first-order chi connectivity index (χ1) is 13.6. The summed E-state index contributed by atoms with van der Waals surface area (Å²) in [5.41, 5.74) is 1.35. The molecule has 0 amide bonds. The molecule has 28 heavy (non-hydrogen) atoms. The molecule has 1 fully saturated rings. The molecule has 0 saturated carbocycles. The van der Waals surface area contributed by atoms with E-state index in [1.807, 2.05) is 37.3 Å². The van der Waals surface area contributed by atoms with Gasteiger partial charge in [0.1, 0.15) is 12.7 Å². The minimum absolute atomic E-state index is 0.0972. The first-order valence-electron chi connectivity index (χ1n) is 10.7. The molecule has 0 bridgehead atoms. The largest absolute Gasteiger partial charge is 0.461 e. The normalized spacial score (nSPS) is 28.1. The number of rotatable bonds is 4. The van der Waals surface area contributed by atoms with Crippen molar-refractivity contribution in [3.05, 3.63) is 47.5 Å². The molecule has 1 aromatic rings. The van der Waals surface area contributed by atoms with Crippen LogP contribution in [0.3, 0.4) is 0 Å². The lowest BCUT2D eigenvalue weighted by molar-refractivity contribution is -0.152. The summed E-state index contributed by atoms with van der Waals surface area (Å²) in [6.45, 7) is 2.24.